The fourth-order valence-electron chi connectivity index (χ4n) is 2.19. The summed E-state index contributed by atoms with van der Waals surface area (Å²) < 4.78 is 11.5. The van der Waals surface area contributed by atoms with Gasteiger partial charge in [0.1, 0.15) is 17.9 Å². The molecule has 0 aliphatic carbocycles. The maximum atomic E-state index is 11.9. The van der Waals surface area contributed by atoms with Crippen LogP contribution in [-0.4, -0.2) is 31.2 Å². The van der Waals surface area contributed by atoms with Crippen molar-refractivity contribution in [3.05, 3.63) is 52.5 Å². The number of amides is 2. The molecule has 0 aliphatic rings. The zero-order valence-corrected chi connectivity index (χ0v) is 17.4. The van der Waals surface area contributed by atoms with E-state index < -0.39 is 11.8 Å². The molecule has 2 amide bonds. The lowest BCUT2D eigenvalue weighted by Crippen LogP contribution is -2.24. The Bertz CT molecular complexity index is 851. The predicted octanol–water partition coefficient (Wildman–Crippen LogP) is 3.72. The van der Waals surface area contributed by atoms with E-state index in [9.17, 15) is 9.59 Å². The van der Waals surface area contributed by atoms with Gasteiger partial charge in [-0.25, -0.2) is 5.43 Å². The minimum absolute atomic E-state index is 0.0687. The number of hydrogen-bond acceptors (Lipinski definition) is 5. The van der Waals surface area contributed by atoms with Crippen LogP contribution < -0.4 is 20.2 Å². The molecule has 0 heterocycles. The molecule has 0 radical (unpaired) electrons. The van der Waals surface area contributed by atoms with Crippen molar-refractivity contribution >= 4 is 39.6 Å². The van der Waals surface area contributed by atoms with Crippen LogP contribution in [-0.2, 0) is 9.59 Å². The Hall–Kier alpha value is -2.87. The Morgan fingerprint density at radius 1 is 1.14 bits per heavy atom. The standard InChI is InChI=1S/C20H22BrN3O4/c1-13(2)28-18-9-4-14(10-17(18)21)12-22-24-20(26)11-19(25)23-15-5-7-16(27-3)8-6-15/h4-10,12-13H,11H2,1-3H3,(H,23,25)(H,24,26). The fourth-order valence-corrected chi connectivity index (χ4v) is 2.68. The van der Waals surface area contributed by atoms with E-state index in [1.807, 2.05) is 32.0 Å². The number of anilines is 1. The predicted molar refractivity (Wildman–Crippen MR) is 112 cm³/mol. The summed E-state index contributed by atoms with van der Waals surface area (Å²) in [6, 6.07) is 12.3. The molecular formula is C20H22BrN3O4. The summed E-state index contributed by atoms with van der Waals surface area (Å²) in [5.41, 5.74) is 3.68. The highest BCUT2D eigenvalue weighted by atomic mass is 79.9. The van der Waals surface area contributed by atoms with Gasteiger partial charge in [-0.3, -0.25) is 9.59 Å². The van der Waals surface area contributed by atoms with E-state index in [0.29, 0.717) is 11.4 Å². The Balaban J connectivity index is 1.82. The number of hydrazone groups is 1. The molecule has 2 rings (SSSR count). The summed E-state index contributed by atoms with van der Waals surface area (Å²) in [5.74, 6) is 0.462. The number of nitrogens with one attached hydrogen (secondary N) is 2. The Morgan fingerprint density at radius 2 is 1.86 bits per heavy atom. The Morgan fingerprint density at radius 3 is 2.46 bits per heavy atom. The van der Waals surface area contributed by atoms with Gasteiger partial charge in [-0.15, -0.1) is 0 Å². The molecule has 7 nitrogen and oxygen atoms in total. The van der Waals surface area contributed by atoms with Crippen LogP contribution in [0.1, 0.15) is 25.8 Å². The molecule has 0 saturated carbocycles. The van der Waals surface area contributed by atoms with Crippen LogP contribution in [0.25, 0.3) is 0 Å². The summed E-state index contributed by atoms with van der Waals surface area (Å²) in [6.07, 6.45) is 1.22. The van der Waals surface area contributed by atoms with Crippen LogP contribution in [0.2, 0.25) is 0 Å². The highest BCUT2D eigenvalue weighted by molar-refractivity contribution is 9.10. The van der Waals surface area contributed by atoms with Crippen molar-refractivity contribution in [3.8, 4) is 11.5 Å². The third-order valence-electron chi connectivity index (χ3n) is 3.42. The second-order valence-electron chi connectivity index (χ2n) is 6.10. The van der Waals surface area contributed by atoms with Gasteiger partial charge in [-0.2, -0.15) is 5.10 Å². The van der Waals surface area contributed by atoms with Crippen LogP contribution in [0, 0.1) is 0 Å². The highest BCUT2D eigenvalue weighted by Crippen LogP contribution is 2.26. The van der Waals surface area contributed by atoms with Crippen LogP contribution in [0.15, 0.2) is 52.0 Å². The van der Waals surface area contributed by atoms with Crippen LogP contribution in [0.3, 0.4) is 0 Å². The second-order valence-corrected chi connectivity index (χ2v) is 6.96. The third kappa shape index (κ3) is 7.03. The lowest BCUT2D eigenvalue weighted by molar-refractivity contribution is -0.126. The van der Waals surface area contributed by atoms with Crippen molar-refractivity contribution in [2.24, 2.45) is 5.10 Å². The molecule has 0 fully saturated rings. The average molecular weight is 448 g/mol. The van der Waals surface area contributed by atoms with Gasteiger partial charge in [0, 0.05) is 5.69 Å². The smallest absolute Gasteiger partial charge is 0.249 e. The lowest BCUT2D eigenvalue weighted by atomic mass is 10.2. The monoisotopic (exact) mass is 447 g/mol. The number of halogens is 1. The van der Waals surface area contributed by atoms with Gasteiger partial charge in [-0.05, 0) is 77.8 Å². The normalized spacial score (nSPS) is 10.8. The number of ether oxygens (including phenoxy) is 2. The molecule has 2 aromatic rings. The summed E-state index contributed by atoms with van der Waals surface area (Å²) >= 11 is 3.43. The van der Waals surface area contributed by atoms with Crippen molar-refractivity contribution in [2.45, 2.75) is 26.4 Å². The molecule has 28 heavy (non-hydrogen) atoms. The molecule has 0 aromatic heterocycles. The molecule has 0 saturated heterocycles. The van der Waals surface area contributed by atoms with Crippen molar-refractivity contribution in [1.29, 1.82) is 0 Å². The number of carbonyl (C=O) groups excluding carboxylic acids is 2. The SMILES string of the molecule is COc1ccc(NC(=O)CC(=O)NN=Cc2ccc(OC(C)C)c(Br)c2)cc1. The van der Waals surface area contributed by atoms with E-state index in [2.05, 4.69) is 31.8 Å². The molecule has 0 bridgehead atoms. The summed E-state index contributed by atoms with van der Waals surface area (Å²) in [6.45, 7) is 3.89. The summed E-state index contributed by atoms with van der Waals surface area (Å²) in [5, 5.41) is 6.51. The second kappa shape index (κ2) is 10.5. The molecule has 8 heteroatoms. The largest absolute Gasteiger partial charge is 0.497 e. The number of hydrogen-bond donors (Lipinski definition) is 2. The van der Waals surface area contributed by atoms with Crippen molar-refractivity contribution in [1.82, 2.24) is 5.43 Å². The van der Waals surface area contributed by atoms with Gasteiger partial charge in [0.15, 0.2) is 0 Å². The van der Waals surface area contributed by atoms with Crippen molar-refractivity contribution in [3.63, 3.8) is 0 Å². The van der Waals surface area contributed by atoms with E-state index >= 15 is 0 Å². The van der Waals surface area contributed by atoms with Gasteiger partial charge >= 0.3 is 0 Å². The average Bonchev–Trinajstić information content (AvgIpc) is 2.64. The zero-order chi connectivity index (χ0) is 20.5. The molecule has 148 valence electrons. The Labute approximate surface area is 172 Å². The van der Waals surface area contributed by atoms with Crippen LogP contribution in [0.4, 0.5) is 5.69 Å². The first-order chi connectivity index (χ1) is 13.4. The first-order valence-corrected chi connectivity index (χ1v) is 9.38. The topological polar surface area (TPSA) is 89.0 Å². The zero-order valence-electron chi connectivity index (χ0n) is 15.9. The number of carbonyl (C=O) groups is 2. The Kier molecular flexibility index (Phi) is 8.01. The van der Waals surface area contributed by atoms with E-state index in [4.69, 9.17) is 9.47 Å². The van der Waals surface area contributed by atoms with Crippen LogP contribution in [0.5, 0.6) is 11.5 Å². The number of benzene rings is 2. The van der Waals surface area contributed by atoms with E-state index in [1.54, 1.807) is 31.4 Å². The van der Waals surface area contributed by atoms with Gasteiger partial charge in [0.2, 0.25) is 11.8 Å². The highest BCUT2D eigenvalue weighted by Gasteiger charge is 2.09. The van der Waals surface area contributed by atoms with E-state index in [0.717, 1.165) is 15.8 Å². The summed E-state index contributed by atoms with van der Waals surface area (Å²) in [7, 11) is 1.56. The maximum Gasteiger partial charge on any atom is 0.249 e. The van der Waals surface area contributed by atoms with Crippen molar-refractivity contribution < 1.29 is 19.1 Å². The number of rotatable bonds is 8. The molecule has 0 atom stereocenters. The van der Waals surface area contributed by atoms with Crippen LogP contribution >= 0.6 is 15.9 Å². The van der Waals surface area contributed by atoms with Gasteiger partial charge in [0.05, 0.1) is 23.9 Å². The molecule has 2 aromatic carbocycles. The first-order valence-electron chi connectivity index (χ1n) is 8.59. The maximum absolute atomic E-state index is 11.9. The quantitative estimate of drug-likeness (QED) is 0.366. The lowest BCUT2D eigenvalue weighted by Gasteiger charge is -2.11. The minimum Gasteiger partial charge on any atom is -0.497 e. The summed E-state index contributed by atoms with van der Waals surface area (Å²) in [4.78, 5) is 23.7. The molecule has 0 spiro atoms. The van der Waals surface area contributed by atoms with Gasteiger partial charge in [0.25, 0.3) is 0 Å². The number of nitrogens with zero attached hydrogens (tertiary/aromatic N) is 1. The molecular weight excluding hydrogens is 426 g/mol. The first kappa shape index (κ1) is 21.4. The van der Waals surface area contributed by atoms with E-state index in [1.165, 1.54) is 6.21 Å². The third-order valence-corrected chi connectivity index (χ3v) is 4.04. The molecule has 0 aliphatic heterocycles. The van der Waals surface area contributed by atoms with Gasteiger partial charge in [-0.1, -0.05) is 0 Å². The molecule has 2 N–H and O–H groups in total. The number of methoxy groups -OCH3 is 1. The minimum atomic E-state index is -0.513. The molecule has 0 unspecified atom stereocenters. The van der Waals surface area contributed by atoms with Gasteiger partial charge < -0.3 is 14.8 Å². The fraction of sp³-hybridized carbons (Fsp3) is 0.250. The van der Waals surface area contributed by atoms with Crippen molar-refractivity contribution in [2.75, 3.05) is 12.4 Å². The van der Waals surface area contributed by atoms with E-state index in [-0.39, 0.29) is 12.5 Å².